The zero-order valence-corrected chi connectivity index (χ0v) is 14.5. The normalized spacial score (nSPS) is 21.1. The van der Waals surface area contributed by atoms with Crippen molar-refractivity contribution in [1.29, 1.82) is 0 Å². The van der Waals surface area contributed by atoms with Gasteiger partial charge >= 0.3 is 5.97 Å². The third-order valence-electron chi connectivity index (χ3n) is 3.87. The number of thioether (sulfide) groups is 2. The third-order valence-corrected chi connectivity index (χ3v) is 5.82. The first-order chi connectivity index (χ1) is 11.6. The number of hydrogen-bond acceptors (Lipinski definition) is 7. The molecular weight excluding hydrogens is 354 g/mol. The van der Waals surface area contributed by atoms with Gasteiger partial charge in [0.2, 0.25) is 11.8 Å². The molecule has 130 valence electrons. The molecule has 1 aromatic heterocycles. The highest BCUT2D eigenvalue weighted by molar-refractivity contribution is 7.99. The lowest BCUT2D eigenvalue weighted by Crippen LogP contribution is -2.51. The molecule has 2 amide bonds. The molecule has 0 aromatic carbocycles. The summed E-state index contributed by atoms with van der Waals surface area (Å²) in [7, 11) is 0. The molecule has 1 unspecified atom stereocenters. The van der Waals surface area contributed by atoms with E-state index in [1.165, 1.54) is 10.9 Å². The van der Waals surface area contributed by atoms with Crippen LogP contribution in [0.5, 0.6) is 0 Å². The van der Waals surface area contributed by atoms with Crippen molar-refractivity contribution < 1.29 is 19.5 Å². The zero-order valence-electron chi connectivity index (χ0n) is 12.8. The van der Waals surface area contributed by atoms with E-state index < -0.39 is 12.0 Å². The molecule has 2 fully saturated rings. The lowest BCUT2D eigenvalue weighted by Gasteiger charge is -2.31. The smallest absolute Gasteiger partial charge is 0.358 e. The molecule has 1 aromatic rings. The maximum Gasteiger partial charge on any atom is 0.358 e. The number of aromatic nitrogens is 3. The van der Waals surface area contributed by atoms with Gasteiger partial charge in [0.15, 0.2) is 5.69 Å². The molecule has 3 heterocycles. The fourth-order valence-electron chi connectivity index (χ4n) is 2.59. The van der Waals surface area contributed by atoms with E-state index in [-0.39, 0.29) is 24.1 Å². The summed E-state index contributed by atoms with van der Waals surface area (Å²) in [6.07, 6.45) is 1.21. The lowest BCUT2D eigenvalue weighted by molar-refractivity contribution is -0.143. The monoisotopic (exact) mass is 371 g/mol. The van der Waals surface area contributed by atoms with Crippen molar-refractivity contribution in [2.75, 3.05) is 36.2 Å². The largest absolute Gasteiger partial charge is 0.476 e. The van der Waals surface area contributed by atoms with Crippen molar-refractivity contribution in [2.24, 2.45) is 0 Å². The van der Waals surface area contributed by atoms with Crippen LogP contribution in [0.15, 0.2) is 6.20 Å². The van der Waals surface area contributed by atoms with Crippen LogP contribution in [-0.2, 0) is 16.1 Å². The summed E-state index contributed by atoms with van der Waals surface area (Å²) in [5.41, 5.74) is -0.211. The first-order valence-corrected chi connectivity index (χ1v) is 9.74. The van der Waals surface area contributed by atoms with Crippen molar-refractivity contribution in [2.45, 2.75) is 12.6 Å². The number of aromatic carboxylic acids is 1. The summed E-state index contributed by atoms with van der Waals surface area (Å²) < 4.78 is 1.19. The summed E-state index contributed by atoms with van der Waals surface area (Å²) in [6, 6.07) is -0.451. The second kappa shape index (κ2) is 7.43. The van der Waals surface area contributed by atoms with Crippen LogP contribution in [0.1, 0.15) is 10.5 Å². The number of carbonyl (C=O) groups excluding carboxylic acids is 2. The van der Waals surface area contributed by atoms with E-state index in [0.717, 1.165) is 24.6 Å². The minimum Gasteiger partial charge on any atom is -0.476 e. The Bertz CT molecular complexity index is 646. The Morgan fingerprint density at radius 1 is 1.25 bits per heavy atom. The number of carbonyl (C=O) groups is 3. The van der Waals surface area contributed by atoms with E-state index in [2.05, 4.69) is 10.3 Å². The lowest BCUT2D eigenvalue weighted by atomic mass is 10.2. The third kappa shape index (κ3) is 3.66. The summed E-state index contributed by atoms with van der Waals surface area (Å²) in [5.74, 6) is 1.45. The van der Waals surface area contributed by atoms with Gasteiger partial charge in [0.25, 0.3) is 0 Å². The SMILES string of the molecule is O=C(O)c1cn(CC(=O)N2CSCC2C(=O)N2CCSCC2)nn1. The molecule has 1 atom stereocenters. The quantitative estimate of drug-likeness (QED) is 0.751. The topological polar surface area (TPSA) is 109 Å². The van der Waals surface area contributed by atoms with Gasteiger partial charge in [-0.05, 0) is 0 Å². The van der Waals surface area contributed by atoms with Crippen LogP contribution in [-0.4, -0.2) is 90.0 Å². The second-order valence-corrected chi connectivity index (χ2v) is 7.65. The molecule has 2 aliphatic rings. The van der Waals surface area contributed by atoms with Gasteiger partial charge in [-0.2, -0.15) is 11.8 Å². The second-order valence-electron chi connectivity index (χ2n) is 5.42. The Labute approximate surface area is 146 Å². The minimum absolute atomic E-state index is 0.00142. The van der Waals surface area contributed by atoms with E-state index >= 15 is 0 Å². The van der Waals surface area contributed by atoms with Gasteiger partial charge in [0.05, 0.1) is 12.1 Å². The number of carboxylic acid groups (broad SMARTS) is 1. The predicted molar refractivity (Wildman–Crippen MR) is 88.8 cm³/mol. The molecule has 24 heavy (non-hydrogen) atoms. The molecule has 0 aliphatic carbocycles. The van der Waals surface area contributed by atoms with Crippen LogP contribution in [0.3, 0.4) is 0 Å². The number of rotatable bonds is 4. The first-order valence-electron chi connectivity index (χ1n) is 7.43. The van der Waals surface area contributed by atoms with Gasteiger partial charge in [-0.3, -0.25) is 9.59 Å². The highest BCUT2D eigenvalue weighted by Crippen LogP contribution is 2.24. The van der Waals surface area contributed by atoms with E-state index in [4.69, 9.17) is 5.11 Å². The van der Waals surface area contributed by atoms with Crippen LogP contribution >= 0.6 is 23.5 Å². The number of hydrogen-bond donors (Lipinski definition) is 1. The maximum atomic E-state index is 12.7. The number of nitrogens with zero attached hydrogens (tertiary/aromatic N) is 5. The molecule has 2 aliphatic heterocycles. The van der Waals surface area contributed by atoms with E-state index in [1.54, 1.807) is 16.7 Å². The number of carboxylic acids is 1. The molecule has 1 N–H and O–H groups in total. The van der Waals surface area contributed by atoms with Crippen LogP contribution < -0.4 is 0 Å². The molecule has 2 saturated heterocycles. The maximum absolute atomic E-state index is 12.7. The Hall–Kier alpha value is -1.75. The standard InChI is InChI=1S/C13H17N5O4S2/c19-11(6-17-5-9(13(21)22)14-15-17)18-8-24-7-10(18)12(20)16-1-3-23-4-2-16/h5,10H,1-4,6-8H2,(H,21,22). The summed E-state index contributed by atoms with van der Waals surface area (Å²) in [5, 5.41) is 16.0. The van der Waals surface area contributed by atoms with Crippen molar-refractivity contribution in [1.82, 2.24) is 24.8 Å². The summed E-state index contributed by atoms with van der Waals surface area (Å²) in [6.45, 7) is 1.32. The highest BCUT2D eigenvalue weighted by Gasteiger charge is 2.37. The van der Waals surface area contributed by atoms with Crippen molar-refractivity contribution in [3.63, 3.8) is 0 Å². The van der Waals surface area contributed by atoms with Gasteiger partial charge in [-0.1, -0.05) is 5.21 Å². The molecule has 0 spiro atoms. The Kier molecular flexibility index (Phi) is 5.29. The van der Waals surface area contributed by atoms with Crippen LogP contribution in [0.25, 0.3) is 0 Å². The van der Waals surface area contributed by atoms with Crippen molar-refractivity contribution >= 4 is 41.3 Å². The van der Waals surface area contributed by atoms with Gasteiger partial charge in [0.1, 0.15) is 12.6 Å². The van der Waals surface area contributed by atoms with Crippen LogP contribution in [0.2, 0.25) is 0 Å². The number of amides is 2. The Morgan fingerprint density at radius 2 is 2.00 bits per heavy atom. The van der Waals surface area contributed by atoms with Crippen molar-refractivity contribution in [3.05, 3.63) is 11.9 Å². The molecular formula is C13H17N5O4S2. The minimum atomic E-state index is -1.19. The van der Waals surface area contributed by atoms with Crippen LogP contribution in [0.4, 0.5) is 0 Å². The van der Waals surface area contributed by atoms with E-state index in [9.17, 15) is 14.4 Å². The van der Waals surface area contributed by atoms with Crippen molar-refractivity contribution in [3.8, 4) is 0 Å². The van der Waals surface area contributed by atoms with Gasteiger partial charge in [-0.25, -0.2) is 9.48 Å². The van der Waals surface area contributed by atoms with Gasteiger partial charge < -0.3 is 14.9 Å². The zero-order chi connectivity index (χ0) is 17.1. The van der Waals surface area contributed by atoms with E-state index in [1.807, 2.05) is 16.7 Å². The summed E-state index contributed by atoms with van der Waals surface area (Å²) >= 11 is 3.37. The molecule has 0 saturated carbocycles. The first kappa shape index (κ1) is 17.1. The highest BCUT2D eigenvalue weighted by atomic mass is 32.2. The molecule has 11 heteroatoms. The van der Waals surface area contributed by atoms with Gasteiger partial charge in [-0.15, -0.1) is 16.9 Å². The van der Waals surface area contributed by atoms with Crippen LogP contribution in [0, 0.1) is 0 Å². The van der Waals surface area contributed by atoms with Gasteiger partial charge in [0, 0.05) is 30.3 Å². The Morgan fingerprint density at radius 3 is 2.67 bits per heavy atom. The van der Waals surface area contributed by atoms with E-state index in [0.29, 0.717) is 11.6 Å². The molecule has 3 rings (SSSR count). The summed E-state index contributed by atoms with van der Waals surface area (Å²) in [4.78, 5) is 39.3. The fourth-order valence-corrected chi connectivity index (χ4v) is 4.67. The molecule has 9 nitrogen and oxygen atoms in total. The molecule has 0 radical (unpaired) electrons. The predicted octanol–water partition coefficient (Wildman–Crippen LogP) is -0.547. The average Bonchev–Trinajstić information content (AvgIpc) is 3.24. The molecule has 0 bridgehead atoms. The average molecular weight is 371 g/mol. The fraction of sp³-hybridized carbons (Fsp3) is 0.615. The Balaban J connectivity index is 1.64.